The normalized spacial score (nSPS) is 14.5. The van der Waals surface area contributed by atoms with Crippen LogP contribution in [0.5, 0.6) is 0 Å². The van der Waals surface area contributed by atoms with Crippen LogP contribution in [0.25, 0.3) is 0 Å². The summed E-state index contributed by atoms with van der Waals surface area (Å²) in [5, 5.41) is 12.3. The number of ether oxygens (including phenoxy) is 1. The summed E-state index contributed by atoms with van der Waals surface area (Å²) in [6.07, 6.45) is -2.07. The molecule has 0 bridgehead atoms. The number of hydrogen-bond donors (Lipinski definition) is 1. The number of halogens is 3. The largest absolute Gasteiger partial charge is 0.449 e. The third kappa shape index (κ3) is 5.35. The van der Waals surface area contributed by atoms with Crippen LogP contribution in [-0.2, 0) is 15.7 Å². The molecule has 1 atom stereocenters. The standard InChI is InChI=1S/C21H18F3N3O3S/c1-11(18(28)26-14-7-5-13(6-8-14)21(22,23)24)30-20(29)15-9-17(12-3-4-12)27-19(31-2)16(15)10-25/h5-9,11-12H,3-4H2,1-2H3,(H,26,28). The third-order valence-corrected chi connectivity index (χ3v) is 5.34. The molecule has 0 aliphatic heterocycles. The van der Waals surface area contributed by atoms with Crippen LogP contribution in [-0.4, -0.2) is 29.2 Å². The van der Waals surface area contributed by atoms with E-state index in [0.29, 0.717) is 10.7 Å². The Balaban J connectivity index is 1.72. The topological polar surface area (TPSA) is 92.1 Å². The van der Waals surface area contributed by atoms with Crippen LogP contribution >= 0.6 is 11.8 Å². The monoisotopic (exact) mass is 449 g/mol. The number of anilines is 1. The number of nitrogens with one attached hydrogen (secondary N) is 1. The molecule has 0 spiro atoms. The van der Waals surface area contributed by atoms with E-state index < -0.39 is 29.7 Å². The lowest BCUT2D eigenvalue weighted by atomic mass is 10.1. The average Bonchev–Trinajstić information content (AvgIpc) is 3.57. The van der Waals surface area contributed by atoms with Crippen molar-refractivity contribution >= 4 is 29.3 Å². The summed E-state index contributed by atoms with van der Waals surface area (Å²) >= 11 is 1.24. The summed E-state index contributed by atoms with van der Waals surface area (Å²) < 4.78 is 43.1. The number of nitriles is 1. The lowest BCUT2D eigenvalue weighted by molar-refractivity contribution is -0.137. The number of pyridine rings is 1. The lowest BCUT2D eigenvalue weighted by Crippen LogP contribution is -2.30. The van der Waals surface area contributed by atoms with Gasteiger partial charge in [0.15, 0.2) is 6.10 Å². The van der Waals surface area contributed by atoms with Crippen molar-refractivity contribution in [1.29, 1.82) is 5.26 Å². The van der Waals surface area contributed by atoms with E-state index in [1.54, 1.807) is 6.26 Å². The van der Waals surface area contributed by atoms with Crippen molar-refractivity contribution in [3.05, 3.63) is 52.7 Å². The maximum Gasteiger partial charge on any atom is 0.416 e. The summed E-state index contributed by atoms with van der Waals surface area (Å²) in [7, 11) is 0. The molecule has 3 rings (SSSR count). The van der Waals surface area contributed by atoms with Gasteiger partial charge in [-0.2, -0.15) is 18.4 Å². The fourth-order valence-electron chi connectivity index (χ4n) is 2.81. The number of carbonyl (C=O) groups is 2. The Labute approximate surface area is 180 Å². The minimum Gasteiger partial charge on any atom is -0.449 e. The zero-order valence-electron chi connectivity index (χ0n) is 16.6. The summed E-state index contributed by atoms with van der Waals surface area (Å²) in [5.74, 6) is -1.31. The fraction of sp³-hybridized carbons (Fsp3) is 0.333. The van der Waals surface area contributed by atoms with E-state index in [9.17, 15) is 28.0 Å². The van der Waals surface area contributed by atoms with E-state index in [4.69, 9.17) is 4.74 Å². The Kier molecular flexibility index (Phi) is 6.55. The Morgan fingerprint density at radius 1 is 1.29 bits per heavy atom. The van der Waals surface area contributed by atoms with E-state index in [0.717, 1.165) is 37.1 Å². The molecule has 1 saturated carbocycles. The van der Waals surface area contributed by atoms with Gasteiger partial charge in [-0.05, 0) is 56.4 Å². The second-order valence-electron chi connectivity index (χ2n) is 6.98. The van der Waals surface area contributed by atoms with Crippen LogP contribution in [0, 0.1) is 11.3 Å². The second kappa shape index (κ2) is 8.98. The molecular formula is C21H18F3N3O3S. The molecular weight excluding hydrogens is 431 g/mol. The maximum absolute atomic E-state index is 12.7. The fourth-order valence-corrected chi connectivity index (χ4v) is 3.37. The Morgan fingerprint density at radius 3 is 2.45 bits per heavy atom. The number of benzene rings is 1. The Hall–Kier alpha value is -3.06. The van der Waals surface area contributed by atoms with Crippen LogP contribution in [0.3, 0.4) is 0 Å². The van der Waals surface area contributed by atoms with Gasteiger partial charge in [0.2, 0.25) is 0 Å². The molecule has 31 heavy (non-hydrogen) atoms. The van der Waals surface area contributed by atoms with Crippen molar-refractivity contribution in [1.82, 2.24) is 4.98 Å². The number of esters is 1. The molecule has 162 valence electrons. The second-order valence-corrected chi connectivity index (χ2v) is 7.77. The maximum atomic E-state index is 12.7. The first-order valence-corrected chi connectivity index (χ1v) is 10.5. The van der Waals surface area contributed by atoms with Gasteiger partial charge >= 0.3 is 12.1 Å². The zero-order chi connectivity index (χ0) is 22.8. The van der Waals surface area contributed by atoms with Gasteiger partial charge in [0.05, 0.1) is 16.7 Å². The molecule has 0 saturated heterocycles. The van der Waals surface area contributed by atoms with Crippen molar-refractivity contribution in [3.63, 3.8) is 0 Å². The van der Waals surface area contributed by atoms with E-state index >= 15 is 0 Å². The smallest absolute Gasteiger partial charge is 0.416 e. The minimum absolute atomic E-state index is 0.0398. The highest BCUT2D eigenvalue weighted by molar-refractivity contribution is 7.98. The summed E-state index contributed by atoms with van der Waals surface area (Å²) in [5.41, 5.74) is 0.110. The SMILES string of the molecule is CSc1nc(C2CC2)cc(C(=O)OC(C)C(=O)Nc2ccc(C(F)(F)F)cc2)c1C#N. The molecule has 1 fully saturated rings. The molecule has 1 aromatic heterocycles. The van der Waals surface area contributed by atoms with Crippen LogP contribution in [0.1, 0.15) is 52.9 Å². The highest BCUT2D eigenvalue weighted by Gasteiger charge is 2.31. The lowest BCUT2D eigenvalue weighted by Gasteiger charge is -2.15. The summed E-state index contributed by atoms with van der Waals surface area (Å²) in [4.78, 5) is 29.5. The predicted molar refractivity (Wildman–Crippen MR) is 108 cm³/mol. The van der Waals surface area contributed by atoms with Crippen molar-refractivity contribution in [2.45, 2.75) is 43.0 Å². The van der Waals surface area contributed by atoms with Crippen molar-refractivity contribution in [3.8, 4) is 6.07 Å². The van der Waals surface area contributed by atoms with Gasteiger partial charge in [-0.15, -0.1) is 11.8 Å². The van der Waals surface area contributed by atoms with Gasteiger partial charge in [0, 0.05) is 17.3 Å². The molecule has 1 aliphatic carbocycles. The number of carbonyl (C=O) groups excluding carboxylic acids is 2. The van der Waals surface area contributed by atoms with Crippen LogP contribution in [0.4, 0.5) is 18.9 Å². The number of amides is 1. The third-order valence-electron chi connectivity index (χ3n) is 4.66. The van der Waals surface area contributed by atoms with Gasteiger partial charge in [0.25, 0.3) is 5.91 Å². The number of alkyl halides is 3. The highest BCUT2D eigenvalue weighted by Crippen LogP contribution is 2.40. The van der Waals surface area contributed by atoms with Crippen molar-refractivity contribution in [2.75, 3.05) is 11.6 Å². The molecule has 1 aromatic carbocycles. The van der Waals surface area contributed by atoms with Gasteiger partial charge in [-0.1, -0.05) is 0 Å². The van der Waals surface area contributed by atoms with E-state index in [1.165, 1.54) is 24.8 Å². The average molecular weight is 449 g/mol. The van der Waals surface area contributed by atoms with Gasteiger partial charge in [0.1, 0.15) is 11.1 Å². The number of aromatic nitrogens is 1. The van der Waals surface area contributed by atoms with Gasteiger partial charge in [-0.25, -0.2) is 9.78 Å². The predicted octanol–water partition coefficient (Wildman–Crippen LogP) is 4.76. The first kappa shape index (κ1) is 22.6. The van der Waals surface area contributed by atoms with E-state index in [2.05, 4.69) is 10.3 Å². The van der Waals surface area contributed by atoms with Gasteiger partial charge in [-0.3, -0.25) is 4.79 Å². The molecule has 1 heterocycles. The molecule has 1 amide bonds. The molecule has 10 heteroatoms. The first-order chi connectivity index (χ1) is 14.6. The van der Waals surface area contributed by atoms with Crippen LogP contribution in [0.15, 0.2) is 35.4 Å². The van der Waals surface area contributed by atoms with Crippen molar-refractivity contribution in [2.24, 2.45) is 0 Å². The molecule has 2 aromatic rings. The Bertz CT molecular complexity index is 1040. The van der Waals surface area contributed by atoms with Gasteiger partial charge < -0.3 is 10.1 Å². The first-order valence-electron chi connectivity index (χ1n) is 9.32. The van der Waals surface area contributed by atoms with Crippen molar-refractivity contribution < 1.29 is 27.5 Å². The van der Waals surface area contributed by atoms with Crippen LogP contribution in [0.2, 0.25) is 0 Å². The highest BCUT2D eigenvalue weighted by atomic mass is 32.2. The minimum atomic E-state index is -4.48. The summed E-state index contributed by atoms with van der Waals surface area (Å²) in [6, 6.07) is 7.39. The molecule has 1 unspecified atom stereocenters. The van der Waals surface area contributed by atoms with Crippen LogP contribution < -0.4 is 5.32 Å². The van der Waals surface area contributed by atoms with E-state index in [-0.39, 0.29) is 22.7 Å². The molecule has 6 nitrogen and oxygen atoms in total. The number of nitrogens with zero attached hydrogens (tertiary/aromatic N) is 2. The molecule has 1 aliphatic rings. The molecule has 1 N–H and O–H groups in total. The number of thioether (sulfide) groups is 1. The van der Waals surface area contributed by atoms with E-state index in [1.807, 2.05) is 6.07 Å². The Morgan fingerprint density at radius 2 is 1.94 bits per heavy atom. The number of hydrogen-bond acceptors (Lipinski definition) is 6. The number of rotatable bonds is 6. The molecule has 0 radical (unpaired) electrons. The summed E-state index contributed by atoms with van der Waals surface area (Å²) in [6.45, 7) is 1.34. The zero-order valence-corrected chi connectivity index (χ0v) is 17.4. The quantitative estimate of drug-likeness (QED) is 0.505.